The van der Waals surface area contributed by atoms with Gasteiger partial charge in [0.2, 0.25) is 11.9 Å². The van der Waals surface area contributed by atoms with Crippen molar-refractivity contribution in [2.45, 2.75) is 24.7 Å². The Balaban J connectivity index is 1.40. The van der Waals surface area contributed by atoms with E-state index in [1.807, 2.05) is 24.3 Å². The summed E-state index contributed by atoms with van der Waals surface area (Å²) in [5.41, 5.74) is 6.55. The lowest BCUT2D eigenvalue weighted by Crippen LogP contribution is -2.55. The molecule has 1 aromatic rings. The zero-order valence-electron chi connectivity index (χ0n) is 15.9. The van der Waals surface area contributed by atoms with Gasteiger partial charge in [-0.3, -0.25) is 9.79 Å². The van der Waals surface area contributed by atoms with Gasteiger partial charge in [0, 0.05) is 11.6 Å². The van der Waals surface area contributed by atoms with Gasteiger partial charge in [0.15, 0.2) is 6.17 Å². The van der Waals surface area contributed by atoms with Crippen LogP contribution in [0.15, 0.2) is 51.4 Å². The maximum absolute atomic E-state index is 12.0. The first kappa shape index (κ1) is 17.7. The van der Waals surface area contributed by atoms with Crippen molar-refractivity contribution in [1.82, 2.24) is 10.6 Å². The third-order valence-corrected chi connectivity index (χ3v) is 5.97. The van der Waals surface area contributed by atoms with Crippen LogP contribution in [-0.2, 0) is 4.79 Å². The molecule has 2 aliphatic heterocycles. The second-order valence-electron chi connectivity index (χ2n) is 7.67. The number of amidine groups is 1. The molecule has 2 bridgehead atoms. The molecule has 9 nitrogen and oxygen atoms in total. The minimum Gasteiger partial charge on any atom is -0.497 e. The highest BCUT2D eigenvalue weighted by molar-refractivity contribution is 6.10. The van der Waals surface area contributed by atoms with Gasteiger partial charge in [-0.1, -0.05) is 12.2 Å². The Labute approximate surface area is 168 Å². The van der Waals surface area contributed by atoms with E-state index in [0.29, 0.717) is 5.96 Å². The number of allylic oxidation sites excluding steroid dienone is 1. The number of hydrogen-bond donors (Lipinski definition) is 4. The van der Waals surface area contributed by atoms with E-state index in [9.17, 15) is 4.79 Å². The smallest absolute Gasteiger partial charge is 0.223 e. The van der Waals surface area contributed by atoms with Gasteiger partial charge < -0.3 is 26.4 Å². The first-order valence-corrected chi connectivity index (χ1v) is 9.71. The molecular weight excluding hydrogens is 370 g/mol. The van der Waals surface area contributed by atoms with E-state index >= 15 is 0 Å². The molecule has 4 aliphatic rings. The molecule has 2 aliphatic carbocycles. The van der Waals surface area contributed by atoms with Gasteiger partial charge in [0.25, 0.3) is 0 Å². The Hall–Kier alpha value is -3.36. The number of amides is 1. The number of benzene rings is 1. The summed E-state index contributed by atoms with van der Waals surface area (Å²) in [6.07, 6.45) is 6.53. The molecule has 0 radical (unpaired) electrons. The van der Waals surface area contributed by atoms with E-state index in [1.54, 1.807) is 13.4 Å². The number of nitrogens with two attached hydrogens (primary N) is 1. The molecule has 1 fully saturated rings. The van der Waals surface area contributed by atoms with Crippen LogP contribution < -0.4 is 26.4 Å². The Kier molecular flexibility index (Phi) is 4.22. The fraction of sp³-hybridized carbons (Fsp3) is 0.400. The monoisotopic (exact) mass is 393 g/mol. The Morgan fingerprint density at radius 1 is 1.28 bits per heavy atom. The molecule has 9 heteroatoms. The summed E-state index contributed by atoms with van der Waals surface area (Å²) >= 11 is 0. The van der Waals surface area contributed by atoms with E-state index in [1.165, 1.54) is 0 Å². The molecule has 2 heterocycles. The lowest BCUT2D eigenvalue weighted by molar-refractivity contribution is -0.122. The van der Waals surface area contributed by atoms with Crippen molar-refractivity contribution in [3.8, 4) is 5.75 Å². The first-order valence-electron chi connectivity index (χ1n) is 9.71. The largest absolute Gasteiger partial charge is 0.497 e. The molecule has 1 saturated carbocycles. The van der Waals surface area contributed by atoms with Crippen LogP contribution in [0.1, 0.15) is 6.42 Å². The average Bonchev–Trinajstić information content (AvgIpc) is 3.44. The third kappa shape index (κ3) is 3.12. The van der Waals surface area contributed by atoms with Crippen molar-refractivity contribution in [3.63, 3.8) is 0 Å². The molecule has 5 N–H and O–H groups in total. The lowest BCUT2D eigenvalue weighted by Gasteiger charge is -2.29. The molecule has 29 heavy (non-hydrogen) atoms. The van der Waals surface area contributed by atoms with Crippen molar-refractivity contribution in [2.75, 3.05) is 12.4 Å². The summed E-state index contributed by atoms with van der Waals surface area (Å²) in [5, 5.41) is 9.75. The van der Waals surface area contributed by atoms with Gasteiger partial charge in [-0.15, -0.1) is 0 Å². The topological polar surface area (TPSA) is 125 Å². The summed E-state index contributed by atoms with van der Waals surface area (Å²) in [7, 11) is 1.63. The third-order valence-electron chi connectivity index (χ3n) is 5.97. The lowest BCUT2D eigenvalue weighted by atomic mass is 9.88. The van der Waals surface area contributed by atoms with Crippen molar-refractivity contribution >= 4 is 29.7 Å². The molecule has 1 aromatic carbocycles. The van der Waals surface area contributed by atoms with Gasteiger partial charge in [0.05, 0.1) is 25.4 Å². The number of rotatable bonds is 4. The minimum atomic E-state index is -0.308. The number of ether oxygens (including phenoxy) is 1. The molecule has 1 amide bonds. The number of primary amides is 1. The minimum absolute atomic E-state index is 0.159. The molecular formula is C20H23N7O2. The summed E-state index contributed by atoms with van der Waals surface area (Å²) < 4.78 is 5.20. The maximum Gasteiger partial charge on any atom is 0.223 e. The van der Waals surface area contributed by atoms with Crippen molar-refractivity contribution in [1.29, 1.82) is 0 Å². The molecule has 0 saturated heterocycles. The number of nitrogens with one attached hydrogen (secondary N) is 3. The van der Waals surface area contributed by atoms with Gasteiger partial charge in [0.1, 0.15) is 17.6 Å². The number of anilines is 1. The number of carbonyl (C=O) groups is 1. The van der Waals surface area contributed by atoms with Crippen LogP contribution in [0.25, 0.3) is 0 Å². The fourth-order valence-electron chi connectivity index (χ4n) is 4.56. The van der Waals surface area contributed by atoms with Crippen molar-refractivity contribution in [3.05, 3.63) is 36.4 Å². The number of methoxy groups -OCH3 is 1. The van der Waals surface area contributed by atoms with E-state index in [4.69, 9.17) is 15.5 Å². The Morgan fingerprint density at radius 2 is 2.07 bits per heavy atom. The second kappa shape index (κ2) is 6.91. The molecule has 5 rings (SSSR count). The van der Waals surface area contributed by atoms with E-state index in [0.717, 1.165) is 23.7 Å². The highest BCUT2D eigenvalue weighted by Crippen LogP contribution is 2.45. The molecule has 0 aromatic heterocycles. The average molecular weight is 393 g/mol. The zero-order valence-corrected chi connectivity index (χ0v) is 15.9. The number of carbonyl (C=O) groups excluding carboxylic acids is 1. The van der Waals surface area contributed by atoms with Gasteiger partial charge >= 0.3 is 0 Å². The van der Waals surface area contributed by atoms with Crippen LogP contribution in [0.2, 0.25) is 0 Å². The summed E-state index contributed by atoms with van der Waals surface area (Å²) in [6, 6.07) is 7.23. The second-order valence-corrected chi connectivity index (χ2v) is 7.67. The maximum atomic E-state index is 12.0. The highest BCUT2D eigenvalue weighted by atomic mass is 16.5. The van der Waals surface area contributed by atoms with Crippen LogP contribution in [-0.4, -0.2) is 49.4 Å². The first-order chi connectivity index (χ1) is 14.1. The number of hydrogen-bond acceptors (Lipinski definition) is 7. The fourth-order valence-corrected chi connectivity index (χ4v) is 4.56. The SMILES string of the molecule is COc1ccc(NC2=NC3N=CNC3C(=NC3C4C=CC(C4)C3C(N)=O)N2)cc1. The predicted molar refractivity (Wildman–Crippen MR) is 111 cm³/mol. The Morgan fingerprint density at radius 3 is 2.83 bits per heavy atom. The van der Waals surface area contributed by atoms with Crippen molar-refractivity contribution < 1.29 is 9.53 Å². The predicted octanol–water partition coefficient (Wildman–Crippen LogP) is 0.467. The van der Waals surface area contributed by atoms with Gasteiger partial charge in [-0.25, -0.2) is 9.98 Å². The number of fused-ring (bicyclic) bond motifs is 3. The molecule has 6 unspecified atom stereocenters. The van der Waals surface area contributed by atoms with Crippen LogP contribution >= 0.6 is 0 Å². The zero-order chi connectivity index (χ0) is 20.0. The standard InChI is InChI=1S/C20H23N7O2/c1-29-13-6-4-12(5-7-13)24-20-26-18-16(22-9-23-18)19(27-20)25-15-11-3-2-10(8-11)14(15)17(21)28/h2-7,9-11,14-16,18H,8H2,1H3,(H2,21,28)(H,22,23)(H2,24,25,26,27). The van der Waals surface area contributed by atoms with E-state index in [2.05, 4.69) is 38.1 Å². The summed E-state index contributed by atoms with van der Waals surface area (Å²) in [4.78, 5) is 26.0. The number of guanidine groups is 1. The normalized spacial score (nSPS) is 35.1. The van der Waals surface area contributed by atoms with E-state index in [-0.39, 0.29) is 41.9 Å². The van der Waals surface area contributed by atoms with Gasteiger partial charge in [-0.2, -0.15) is 0 Å². The quantitative estimate of drug-likeness (QED) is 0.553. The molecule has 0 spiro atoms. The van der Waals surface area contributed by atoms with Gasteiger partial charge in [-0.05, 0) is 36.6 Å². The summed E-state index contributed by atoms with van der Waals surface area (Å²) in [5.74, 6) is 1.93. The molecule has 150 valence electrons. The summed E-state index contributed by atoms with van der Waals surface area (Å²) in [6.45, 7) is 0. The van der Waals surface area contributed by atoms with E-state index < -0.39 is 0 Å². The van der Waals surface area contributed by atoms with Crippen molar-refractivity contribution in [2.24, 2.45) is 38.5 Å². The number of aliphatic imine (C=N–C) groups is 3. The van der Waals surface area contributed by atoms with Crippen LogP contribution in [0.3, 0.4) is 0 Å². The molecule has 6 atom stereocenters. The van der Waals surface area contributed by atoms with Crippen LogP contribution in [0.5, 0.6) is 5.75 Å². The Bertz CT molecular complexity index is 937. The van der Waals surface area contributed by atoms with Crippen LogP contribution in [0, 0.1) is 17.8 Å². The highest BCUT2D eigenvalue weighted by Gasteiger charge is 2.48. The number of nitrogens with zero attached hydrogens (tertiary/aromatic N) is 3. The van der Waals surface area contributed by atoms with Crippen LogP contribution in [0.4, 0.5) is 5.69 Å².